The SMILES string of the molecule is CN1CCN(C(=O)CCCCC2CCSS2)CC1.Cl. The zero-order chi connectivity index (χ0) is 12.8. The molecule has 2 rings (SSSR count). The number of hydrogen-bond acceptors (Lipinski definition) is 4. The quantitative estimate of drug-likeness (QED) is 0.573. The van der Waals surface area contributed by atoms with Crippen LogP contribution in [0.25, 0.3) is 0 Å². The van der Waals surface area contributed by atoms with Crippen molar-refractivity contribution in [2.24, 2.45) is 0 Å². The van der Waals surface area contributed by atoms with Gasteiger partial charge in [-0.2, -0.15) is 0 Å². The Labute approximate surface area is 131 Å². The summed E-state index contributed by atoms with van der Waals surface area (Å²) in [7, 11) is 6.18. The number of unbranched alkanes of at least 4 members (excludes halogenated alkanes) is 1. The van der Waals surface area contributed by atoms with Gasteiger partial charge < -0.3 is 9.80 Å². The smallest absolute Gasteiger partial charge is 0.222 e. The summed E-state index contributed by atoms with van der Waals surface area (Å²) in [6.07, 6.45) is 5.72. The molecule has 112 valence electrons. The predicted molar refractivity (Wildman–Crippen MR) is 88.2 cm³/mol. The van der Waals surface area contributed by atoms with Crippen molar-refractivity contribution < 1.29 is 4.79 Å². The molecule has 1 atom stereocenters. The van der Waals surface area contributed by atoms with E-state index in [9.17, 15) is 4.79 Å². The molecule has 0 aliphatic carbocycles. The molecular formula is C13H25ClN2OS2. The normalized spacial score (nSPS) is 24.3. The van der Waals surface area contributed by atoms with Gasteiger partial charge in [0.1, 0.15) is 0 Å². The van der Waals surface area contributed by atoms with E-state index < -0.39 is 0 Å². The van der Waals surface area contributed by atoms with Gasteiger partial charge in [-0.3, -0.25) is 4.79 Å². The molecule has 0 saturated carbocycles. The molecule has 0 N–H and O–H groups in total. The molecule has 0 aromatic heterocycles. The molecule has 1 amide bonds. The lowest BCUT2D eigenvalue weighted by Gasteiger charge is -2.32. The van der Waals surface area contributed by atoms with Crippen LogP contribution in [0.1, 0.15) is 32.1 Å². The van der Waals surface area contributed by atoms with E-state index in [1.807, 2.05) is 26.5 Å². The van der Waals surface area contributed by atoms with Crippen molar-refractivity contribution in [1.29, 1.82) is 0 Å². The van der Waals surface area contributed by atoms with Gasteiger partial charge in [0.25, 0.3) is 0 Å². The fourth-order valence-corrected chi connectivity index (χ4v) is 5.45. The molecule has 2 heterocycles. The maximum atomic E-state index is 12.0. The molecule has 2 aliphatic heterocycles. The van der Waals surface area contributed by atoms with E-state index >= 15 is 0 Å². The van der Waals surface area contributed by atoms with Crippen molar-refractivity contribution in [3.8, 4) is 0 Å². The van der Waals surface area contributed by atoms with Crippen molar-refractivity contribution in [3.05, 3.63) is 0 Å². The zero-order valence-corrected chi connectivity index (χ0v) is 14.1. The van der Waals surface area contributed by atoms with Crippen LogP contribution in [0.4, 0.5) is 0 Å². The summed E-state index contributed by atoms with van der Waals surface area (Å²) in [5, 5.41) is 0.855. The Morgan fingerprint density at radius 3 is 2.58 bits per heavy atom. The van der Waals surface area contributed by atoms with Crippen LogP contribution in [0, 0.1) is 0 Å². The van der Waals surface area contributed by atoms with E-state index in [0.29, 0.717) is 5.91 Å². The van der Waals surface area contributed by atoms with Crippen LogP contribution in [0.15, 0.2) is 0 Å². The summed E-state index contributed by atoms with van der Waals surface area (Å²) in [5.41, 5.74) is 0. The Bertz CT molecular complexity index is 267. The summed E-state index contributed by atoms with van der Waals surface area (Å²) >= 11 is 0. The molecular weight excluding hydrogens is 300 g/mol. The van der Waals surface area contributed by atoms with Gasteiger partial charge in [0.2, 0.25) is 5.91 Å². The van der Waals surface area contributed by atoms with E-state index in [-0.39, 0.29) is 12.4 Å². The number of amides is 1. The number of carbonyl (C=O) groups is 1. The molecule has 2 aliphatic rings. The van der Waals surface area contributed by atoms with E-state index in [4.69, 9.17) is 0 Å². The lowest BCUT2D eigenvalue weighted by Crippen LogP contribution is -2.47. The maximum absolute atomic E-state index is 12.0. The van der Waals surface area contributed by atoms with E-state index in [0.717, 1.165) is 44.3 Å². The van der Waals surface area contributed by atoms with Gasteiger partial charge in [0, 0.05) is 43.6 Å². The molecule has 2 saturated heterocycles. The summed E-state index contributed by atoms with van der Waals surface area (Å²) in [6, 6.07) is 0. The molecule has 0 spiro atoms. The first-order chi connectivity index (χ1) is 8.75. The highest BCUT2D eigenvalue weighted by Gasteiger charge is 2.19. The third-order valence-electron chi connectivity index (χ3n) is 3.75. The van der Waals surface area contributed by atoms with Crippen molar-refractivity contribution in [2.75, 3.05) is 39.0 Å². The average Bonchev–Trinajstić information content (AvgIpc) is 2.88. The van der Waals surface area contributed by atoms with Gasteiger partial charge in [-0.25, -0.2) is 0 Å². The minimum atomic E-state index is 0. The number of halogens is 1. The highest BCUT2D eigenvalue weighted by atomic mass is 35.5. The van der Waals surface area contributed by atoms with Crippen molar-refractivity contribution in [1.82, 2.24) is 9.80 Å². The lowest BCUT2D eigenvalue weighted by atomic mass is 10.1. The van der Waals surface area contributed by atoms with Gasteiger partial charge >= 0.3 is 0 Å². The molecule has 0 aromatic rings. The molecule has 3 nitrogen and oxygen atoms in total. The lowest BCUT2D eigenvalue weighted by molar-refractivity contribution is -0.132. The van der Waals surface area contributed by atoms with E-state index in [2.05, 4.69) is 11.9 Å². The van der Waals surface area contributed by atoms with Crippen molar-refractivity contribution in [3.63, 3.8) is 0 Å². The van der Waals surface area contributed by atoms with Crippen molar-refractivity contribution in [2.45, 2.75) is 37.4 Å². The van der Waals surface area contributed by atoms with Crippen LogP contribution in [0.3, 0.4) is 0 Å². The number of rotatable bonds is 5. The first-order valence-electron chi connectivity index (χ1n) is 7.00. The van der Waals surface area contributed by atoms with Crippen LogP contribution in [0.2, 0.25) is 0 Å². The standard InChI is InChI=1S/C13H24N2OS2.ClH/c1-14-7-9-15(10-8-14)13(16)5-3-2-4-12-6-11-17-18-12;/h12H,2-11H2,1H3;1H. The fourth-order valence-electron chi connectivity index (χ4n) is 2.43. The molecule has 6 heteroatoms. The molecule has 0 aromatic carbocycles. The second-order valence-corrected chi connectivity index (χ2v) is 8.05. The van der Waals surface area contributed by atoms with Gasteiger partial charge in [-0.15, -0.1) is 12.4 Å². The summed E-state index contributed by atoms with van der Waals surface area (Å²) < 4.78 is 0. The molecule has 1 unspecified atom stereocenters. The molecule has 0 bridgehead atoms. The Kier molecular flexibility index (Phi) is 8.62. The van der Waals surface area contributed by atoms with Crippen LogP contribution >= 0.6 is 34.0 Å². The maximum Gasteiger partial charge on any atom is 0.222 e. The van der Waals surface area contributed by atoms with E-state index in [1.165, 1.54) is 25.0 Å². The zero-order valence-electron chi connectivity index (χ0n) is 11.7. The topological polar surface area (TPSA) is 23.6 Å². The van der Waals surface area contributed by atoms with Crippen molar-refractivity contribution >= 4 is 39.9 Å². The highest BCUT2D eigenvalue weighted by molar-refractivity contribution is 8.77. The van der Waals surface area contributed by atoms with Crippen LogP contribution in [0.5, 0.6) is 0 Å². The number of carbonyl (C=O) groups excluding carboxylic acids is 1. The Hall–Kier alpha value is 0.420. The minimum absolute atomic E-state index is 0. The predicted octanol–water partition coefficient (Wildman–Crippen LogP) is 2.90. The molecule has 0 radical (unpaired) electrons. The van der Waals surface area contributed by atoms with E-state index in [1.54, 1.807) is 0 Å². The van der Waals surface area contributed by atoms with Crippen LogP contribution in [-0.2, 0) is 4.79 Å². The minimum Gasteiger partial charge on any atom is -0.340 e. The summed E-state index contributed by atoms with van der Waals surface area (Å²) in [4.78, 5) is 16.3. The third kappa shape index (κ3) is 6.15. The number of nitrogens with zero attached hydrogens (tertiary/aromatic N) is 2. The molecule has 2 fully saturated rings. The number of likely N-dealkylation sites (N-methyl/N-ethyl adjacent to an activating group) is 1. The number of hydrogen-bond donors (Lipinski definition) is 0. The van der Waals surface area contributed by atoms with Gasteiger partial charge in [0.15, 0.2) is 0 Å². The monoisotopic (exact) mass is 324 g/mol. The second-order valence-electron chi connectivity index (χ2n) is 5.26. The van der Waals surface area contributed by atoms with Crippen LogP contribution < -0.4 is 0 Å². The van der Waals surface area contributed by atoms with Gasteiger partial charge in [-0.05, 0) is 26.3 Å². The largest absolute Gasteiger partial charge is 0.340 e. The highest BCUT2D eigenvalue weighted by Crippen LogP contribution is 2.39. The Balaban J connectivity index is 0.00000180. The summed E-state index contributed by atoms with van der Waals surface area (Å²) in [6.45, 7) is 3.90. The average molecular weight is 325 g/mol. The van der Waals surface area contributed by atoms with Crippen LogP contribution in [-0.4, -0.2) is 59.9 Å². The fraction of sp³-hybridized carbons (Fsp3) is 0.923. The third-order valence-corrected chi connectivity index (χ3v) is 6.76. The summed E-state index contributed by atoms with van der Waals surface area (Å²) in [5.74, 6) is 1.69. The van der Waals surface area contributed by atoms with Gasteiger partial charge in [-0.1, -0.05) is 28.0 Å². The second kappa shape index (κ2) is 9.37. The Morgan fingerprint density at radius 1 is 1.21 bits per heavy atom. The Morgan fingerprint density at radius 2 is 1.95 bits per heavy atom. The number of piperazine rings is 1. The molecule has 19 heavy (non-hydrogen) atoms. The van der Waals surface area contributed by atoms with Gasteiger partial charge in [0.05, 0.1) is 0 Å². The first-order valence-corrected chi connectivity index (χ1v) is 9.38. The first kappa shape index (κ1) is 17.5.